The Kier molecular flexibility index (Phi) is 6.76. The van der Waals surface area contributed by atoms with E-state index < -0.39 is 0 Å². The molecule has 148 valence electrons. The molecule has 1 saturated heterocycles. The molecule has 0 saturated carbocycles. The number of aromatic nitrogens is 1. The SMILES string of the molecule is CN(C)C(=O)c1cccc(C(=O)N(Cc2ccccn2)C2CCCNCC2)c1. The number of amides is 2. The smallest absolute Gasteiger partial charge is 0.254 e. The third-order valence-electron chi connectivity index (χ3n) is 5.07. The molecule has 28 heavy (non-hydrogen) atoms. The quantitative estimate of drug-likeness (QED) is 0.866. The number of hydrogen-bond donors (Lipinski definition) is 1. The first-order valence-electron chi connectivity index (χ1n) is 9.79. The number of benzene rings is 1. The molecule has 2 aromatic rings. The van der Waals surface area contributed by atoms with Gasteiger partial charge in [-0.2, -0.15) is 0 Å². The maximum Gasteiger partial charge on any atom is 0.254 e. The third-order valence-corrected chi connectivity index (χ3v) is 5.07. The van der Waals surface area contributed by atoms with Crippen LogP contribution in [0.4, 0.5) is 0 Å². The fraction of sp³-hybridized carbons (Fsp3) is 0.409. The van der Waals surface area contributed by atoms with Crippen LogP contribution in [-0.4, -0.2) is 59.8 Å². The van der Waals surface area contributed by atoms with E-state index in [9.17, 15) is 9.59 Å². The van der Waals surface area contributed by atoms with E-state index in [1.165, 1.54) is 4.90 Å². The van der Waals surface area contributed by atoms with Gasteiger partial charge in [-0.1, -0.05) is 12.1 Å². The zero-order valence-corrected chi connectivity index (χ0v) is 16.6. The van der Waals surface area contributed by atoms with Crippen molar-refractivity contribution in [1.82, 2.24) is 20.1 Å². The molecule has 1 N–H and O–H groups in total. The molecule has 3 rings (SSSR count). The lowest BCUT2D eigenvalue weighted by atomic mass is 10.0. The molecule has 0 spiro atoms. The molecule has 1 aromatic heterocycles. The van der Waals surface area contributed by atoms with Crippen molar-refractivity contribution in [3.05, 3.63) is 65.5 Å². The van der Waals surface area contributed by atoms with Crippen molar-refractivity contribution in [3.8, 4) is 0 Å². The van der Waals surface area contributed by atoms with Gasteiger partial charge in [0.25, 0.3) is 11.8 Å². The van der Waals surface area contributed by atoms with Crippen LogP contribution < -0.4 is 5.32 Å². The number of pyridine rings is 1. The highest BCUT2D eigenvalue weighted by Crippen LogP contribution is 2.20. The van der Waals surface area contributed by atoms with Gasteiger partial charge in [0, 0.05) is 37.5 Å². The zero-order chi connectivity index (χ0) is 19.9. The second kappa shape index (κ2) is 9.46. The third kappa shape index (κ3) is 4.95. The first-order valence-corrected chi connectivity index (χ1v) is 9.79. The normalized spacial score (nSPS) is 16.9. The molecule has 1 aromatic carbocycles. The summed E-state index contributed by atoms with van der Waals surface area (Å²) in [6, 6.07) is 12.9. The standard InChI is InChI=1S/C22H28N4O2/c1-25(2)21(27)17-7-5-8-18(15-17)22(28)26(16-19-9-3-4-13-24-19)20-10-6-12-23-14-11-20/h3-5,7-9,13,15,20,23H,6,10-12,14,16H2,1-2H3. The summed E-state index contributed by atoms with van der Waals surface area (Å²) in [5, 5.41) is 3.41. The van der Waals surface area contributed by atoms with Gasteiger partial charge in [0.2, 0.25) is 0 Å². The summed E-state index contributed by atoms with van der Waals surface area (Å²) in [6.45, 7) is 2.35. The number of rotatable bonds is 5. The summed E-state index contributed by atoms with van der Waals surface area (Å²) >= 11 is 0. The van der Waals surface area contributed by atoms with Crippen LogP contribution in [0.2, 0.25) is 0 Å². The fourth-order valence-corrected chi connectivity index (χ4v) is 3.55. The molecule has 0 aliphatic carbocycles. The zero-order valence-electron chi connectivity index (χ0n) is 16.6. The molecule has 1 aliphatic heterocycles. The topological polar surface area (TPSA) is 65.5 Å². The van der Waals surface area contributed by atoms with Crippen LogP contribution in [0.15, 0.2) is 48.7 Å². The summed E-state index contributed by atoms with van der Waals surface area (Å²) in [6.07, 6.45) is 4.66. The van der Waals surface area contributed by atoms with Gasteiger partial charge >= 0.3 is 0 Å². The molecule has 2 amide bonds. The maximum atomic E-state index is 13.5. The van der Waals surface area contributed by atoms with E-state index in [0.717, 1.165) is 38.0 Å². The van der Waals surface area contributed by atoms with Crippen LogP contribution in [0.25, 0.3) is 0 Å². The van der Waals surface area contributed by atoms with Crippen molar-refractivity contribution in [2.45, 2.75) is 31.8 Å². The molecule has 1 unspecified atom stereocenters. The van der Waals surface area contributed by atoms with Crippen LogP contribution >= 0.6 is 0 Å². The lowest BCUT2D eigenvalue weighted by Gasteiger charge is -2.31. The highest BCUT2D eigenvalue weighted by molar-refractivity contribution is 5.99. The van der Waals surface area contributed by atoms with Gasteiger partial charge < -0.3 is 15.1 Å². The molecule has 0 bridgehead atoms. The van der Waals surface area contributed by atoms with E-state index in [0.29, 0.717) is 17.7 Å². The van der Waals surface area contributed by atoms with Gasteiger partial charge in [0.15, 0.2) is 0 Å². The van der Waals surface area contributed by atoms with Crippen LogP contribution in [0.3, 0.4) is 0 Å². The van der Waals surface area contributed by atoms with Gasteiger partial charge in [0.1, 0.15) is 0 Å². The Morgan fingerprint density at radius 3 is 2.54 bits per heavy atom. The minimum Gasteiger partial charge on any atom is -0.345 e. The molecule has 6 heteroatoms. The monoisotopic (exact) mass is 380 g/mol. The van der Waals surface area contributed by atoms with Gasteiger partial charge in [-0.15, -0.1) is 0 Å². The summed E-state index contributed by atoms with van der Waals surface area (Å²) < 4.78 is 0. The average Bonchev–Trinajstić information content (AvgIpc) is 3.01. The Labute approximate surface area is 166 Å². The predicted octanol–water partition coefficient (Wildman–Crippen LogP) is 2.57. The second-order valence-electron chi connectivity index (χ2n) is 7.37. The van der Waals surface area contributed by atoms with Crippen molar-refractivity contribution in [2.24, 2.45) is 0 Å². The van der Waals surface area contributed by atoms with Crippen molar-refractivity contribution in [1.29, 1.82) is 0 Å². The Hall–Kier alpha value is -2.73. The molecular formula is C22H28N4O2. The molecule has 1 aliphatic rings. The first-order chi connectivity index (χ1) is 13.6. The average molecular weight is 380 g/mol. The molecule has 0 radical (unpaired) electrons. The molecule has 1 fully saturated rings. The van der Waals surface area contributed by atoms with Gasteiger partial charge in [-0.05, 0) is 62.7 Å². The molecule has 1 atom stereocenters. The highest BCUT2D eigenvalue weighted by atomic mass is 16.2. The van der Waals surface area contributed by atoms with E-state index in [2.05, 4.69) is 10.3 Å². The van der Waals surface area contributed by atoms with Crippen molar-refractivity contribution < 1.29 is 9.59 Å². The number of nitrogens with one attached hydrogen (secondary N) is 1. The van der Waals surface area contributed by atoms with Crippen LogP contribution in [0, 0.1) is 0 Å². The number of carbonyl (C=O) groups excluding carboxylic acids is 2. The van der Waals surface area contributed by atoms with Crippen LogP contribution in [-0.2, 0) is 6.54 Å². The van der Waals surface area contributed by atoms with E-state index in [1.54, 1.807) is 44.6 Å². The molecule has 6 nitrogen and oxygen atoms in total. The summed E-state index contributed by atoms with van der Waals surface area (Å²) in [7, 11) is 3.42. The van der Waals surface area contributed by atoms with Crippen LogP contribution in [0.5, 0.6) is 0 Å². The minimum atomic E-state index is -0.107. The lowest BCUT2D eigenvalue weighted by Crippen LogP contribution is -2.40. The van der Waals surface area contributed by atoms with Crippen molar-refractivity contribution in [2.75, 3.05) is 27.2 Å². The molecular weight excluding hydrogens is 352 g/mol. The molecule has 2 heterocycles. The van der Waals surface area contributed by atoms with E-state index >= 15 is 0 Å². The van der Waals surface area contributed by atoms with Gasteiger partial charge in [-0.25, -0.2) is 0 Å². The first kappa shape index (κ1) is 20.0. The van der Waals surface area contributed by atoms with E-state index in [-0.39, 0.29) is 17.9 Å². The Morgan fingerprint density at radius 2 is 1.82 bits per heavy atom. The largest absolute Gasteiger partial charge is 0.345 e. The predicted molar refractivity (Wildman–Crippen MR) is 109 cm³/mol. The fourth-order valence-electron chi connectivity index (χ4n) is 3.55. The number of carbonyl (C=O) groups is 2. The summed E-state index contributed by atoms with van der Waals surface area (Å²) in [5.41, 5.74) is 1.94. The Bertz CT molecular complexity index is 799. The Balaban J connectivity index is 1.89. The lowest BCUT2D eigenvalue weighted by molar-refractivity contribution is 0.0642. The maximum absolute atomic E-state index is 13.5. The highest BCUT2D eigenvalue weighted by Gasteiger charge is 2.26. The summed E-state index contributed by atoms with van der Waals surface area (Å²) in [4.78, 5) is 33.6. The second-order valence-corrected chi connectivity index (χ2v) is 7.37. The number of hydrogen-bond acceptors (Lipinski definition) is 4. The van der Waals surface area contributed by atoms with Crippen molar-refractivity contribution >= 4 is 11.8 Å². The number of nitrogens with zero attached hydrogens (tertiary/aromatic N) is 3. The van der Waals surface area contributed by atoms with E-state index in [4.69, 9.17) is 0 Å². The van der Waals surface area contributed by atoms with Crippen LogP contribution in [0.1, 0.15) is 45.7 Å². The van der Waals surface area contributed by atoms with Crippen molar-refractivity contribution in [3.63, 3.8) is 0 Å². The minimum absolute atomic E-state index is 0.0500. The van der Waals surface area contributed by atoms with Gasteiger partial charge in [-0.3, -0.25) is 14.6 Å². The van der Waals surface area contributed by atoms with Gasteiger partial charge in [0.05, 0.1) is 12.2 Å². The Morgan fingerprint density at radius 1 is 1.04 bits per heavy atom. The summed E-state index contributed by atoms with van der Waals surface area (Å²) in [5.74, 6) is -0.157. The van der Waals surface area contributed by atoms with E-state index in [1.807, 2.05) is 23.1 Å².